The van der Waals surface area contributed by atoms with Crippen molar-refractivity contribution in [1.29, 1.82) is 0 Å². The van der Waals surface area contributed by atoms with Crippen molar-refractivity contribution in [2.24, 2.45) is 5.41 Å². The van der Waals surface area contributed by atoms with Crippen molar-refractivity contribution in [2.75, 3.05) is 7.11 Å². The van der Waals surface area contributed by atoms with Gasteiger partial charge in [0, 0.05) is 18.2 Å². The number of hydrogen-bond acceptors (Lipinski definition) is 3. The van der Waals surface area contributed by atoms with Crippen LogP contribution in [0.2, 0.25) is 0 Å². The van der Waals surface area contributed by atoms with Crippen LogP contribution in [0.15, 0.2) is 97.6 Å². The molecule has 0 amide bonds. The second-order valence-electron chi connectivity index (χ2n) is 7.75. The highest BCUT2D eigenvalue weighted by Gasteiger charge is 2.63. The topological polar surface area (TPSA) is 43.4 Å². The van der Waals surface area contributed by atoms with Crippen LogP contribution in [0.3, 0.4) is 0 Å². The first kappa shape index (κ1) is 20.0. The highest BCUT2D eigenvalue weighted by Crippen LogP contribution is 2.50. The number of rotatable bonds is 6. The van der Waals surface area contributed by atoms with E-state index in [1.807, 2.05) is 60.7 Å². The molecule has 150 valence electrons. The highest BCUT2D eigenvalue weighted by molar-refractivity contribution is 6.21. The van der Waals surface area contributed by atoms with Crippen molar-refractivity contribution in [1.82, 2.24) is 0 Å². The van der Waals surface area contributed by atoms with E-state index >= 15 is 0 Å². The Kier molecular flexibility index (Phi) is 5.23. The molecule has 3 aromatic carbocycles. The molecule has 0 spiro atoms. The molecule has 1 aliphatic rings. The van der Waals surface area contributed by atoms with Crippen molar-refractivity contribution in [2.45, 2.75) is 18.4 Å². The first-order valence-corrected chi connectivity index (χ1v) is 10.0. The number of methoxy groups -OCH3 is 1. The highest BCUT2D eigenvalue weighted by atomic mass is 16.5. The summed E-state index contributed by atoms with van der Waals surface area (Å²) in [7, 11) is 1.49. The second-order valence-corrected chi connectivity index (χ2v) is 7.75. The number of ketones is 2. The standard InChI is InChI=1S/C27H24O3/c1-3-27(30-2)25(29)23-17-11-10-16-22(23)24(28)26(27,18-20-12-6-4-7-13-20)19-21-14-8-5-9-15-21/h3-17H,1,18-19H2,2H3. The molecule has 1 atom stereocenters. The van der Waals surface area contributed by atoms with Gasteiger partial charge in [0.2, 0.25) is 0 Å². The molecule has 0 bridgehead atoms. The average Bonchev–Trinajstić information content (AvgIpc) is 2.80. The van der Waals surface area contributed by atoms with Crippen LogP contribution in [0.4, 0.5) is 0 Å². The van der Waals surface area contributed by atoms with Crippen LogP contribution in [0.25, 0.3) is 0 Å². The number of benzene rings is 3. The summed E-state index contributed by atoms with van der Waals surface area (Å²) in [5, 5.41) is 0. The van der Waals surface area contributed by atoms with E-state index in [2.05, 4.69) is 6.58 Å². The lowest BCUT2D eigenvalue weighted by Crippen LogP contribution is -2.63. The van der Waals surface area contributed by atoms with Crippen LogP contribution in [-0.4, -0.2) is 24.3 Å². The van der Waals surface area contributed by atoms with Gasteiger partial charge in [0.05, 0.1) is 5.41 Å². The van der Waals surface area contributed by atoms with Gasteiger partial charge in [0.15, 0.2) is 17.2 Å². The van der Waals surface area contributed by atoms with Crippen LogP contribution in [-0.2, 0) is 17.6 Å². The first-order valence-electron chi connectivity index (χ1n) is 10.0. The molecule has 1 unspecified atom stereocenters. The summed E-state index contributed by atoms with van der Waals surface area (Å²) in [4.78, 5) is 27.9. The molecular weight excluding hydrogens is 372 g/mol. The van der Waals surface area contributed by atoms with Crippen molar-refractivity contribution in [3.63, 3.8) is 0 Å². The molecule has 0 saturated carbocycles. The Hall–Kier alpha value is -3.30. The number of ether oxygens (including phenoxy) is 1. The van der Waals surface area contributed by atoms with Crippen LogP contribution >= 0.6 is 0 Å². The smallest absolute Gasteiger partial charge is 0.200 e. The largest absolute Gasteiger partial charge is 0.365 e. The van der Waals surface area contributed by atoms with E-state index in [1.54, 1.807) is 24.3 Å². The quantitative estimate of drug-likeness (QED) is 0.544. The maximum absolute atomic E-state index is 14.1. The number of carbonyl (C=O) groups excluding carboxylic acids is 2. The van der Waals surface area contributed by atoms with Crippen LogP contribution in [0.5, 0.6) is 0 Å². The summed E-state index contributed by atoms with van der Waals surface area (Å²) in [6, 6.07) is 26.6. The van der Waals surface area contributed by atoms with E-state index in [0.29, 0.717) is 24.0 Å². The van der Waals surface area contributed by atoms with Gasteiger partial charge in [-0.25, -0.2) is 0 Å². The van der Waals surface area contributed by atoms with Gasteiger partial charge in [-0.2, -0.15) is 0 Å². The molecule has 3 heteroatoms. The van der Waals surface area contributed by atoms with Crippen molar-refractivity contribution >= 4 is 11.6 Å². The van der Waals surface area contributed by atoms with Gasteiger partial charge in [-0.3, -0.25) is 9.59 Å². The third-order valence-electron chi connectivity index (χ3n) is 6.21. The predicted molar refractivity (Wildman–Crippen MR) is 118 cm³/mol. The normalized spacial score (nSPS) is 19.9. The SMILES string of the molecule is C=CC1(OC)C(=O)c2ccccc2C(=O)C1(Cc1ccccc1)Cc1ccccc1. The van der Waals surface area contributed by atoms with Crippen molar-refractivity contribution in [3.8, 4) is 0 Å². The molecule has 3 nitrogen and oxygen atoms in total. The summed E-state index contributed by atoms with van der Waals surface area (Å²) in [6.45, 7) is 3.97. The van der Waals surface area contributed by atoms with Gasteiger partial charge in [-0.1, -0.05) is 97.6 Å². The molecule has 1 aliphatic carbocycles. The minimum Gasteiger partial charge on any atom is -0.365 e. The van der Waals surface area contributed by atoms with Gasteiger partial charge in [-0.05, 0) is 24.0 Å². The Morgan fingerprint density at radius 1 is 0.733 bits per heavy atom. The molecule has 0 aliphatic heterocycles. The maximum atomic E-state index is 14.1. The fourth-order valence-corrected chi connectivity index (χ4v) is 4.76. The molecule has 0 aromatic heterocycles. The van der Waals surface area contributed by atoms with E-state index in [4.69, 9.17) is 4.74 Å². The predicted octanol–water partition coefficient (Wildman–Crippen LogP) is 5.11. The number of fused-ring (bicyclic) bond motifs is 1. The molecule has 0 saturated heterocycles. The zero-order valence-corrected chi connectivity index (χ0v) is 17.0. The van der Waals surface area contributed by atoms with Crippen LogP contribution < -0.4 is 0 Å². The Labute approximate surface area is 177 Å². The van der Waals surface area contributed by atoms with E-state index in [1.165, 1.54) is 13.2 Å². The second kappa shape index (κ2) is 7.85. The molecule has 4 rings (SSSR count). The Morgan fingerprint density at radius 3 is 1.60 bits per heavy atom. The zero-order valence-electron chi connectivity index (χ0n) is 17.0. The monoisotopic (exact) mass is 396 g/mol. The summed E-state index contributed by atoms with van der Waals surface area (Å²) in [5.41, 5.74) is 0.154. The fraction of sp³-hybridized carbons (Fsp3) is 0.185. The molecular formula is C27H24O3. The van der Waals surface area contributed by atoms with Crippen LogP contribution in [0, 0.1) is 5.41 Å². The molecule has 3 aromatic rings. The third kappa shape index (κ3) is 2.94. The first-order chi connectivity index (χ1) is 14.6. The lowest BCUT2D eigenvalue weighted by atomic mass is 9.55. The summed E-state index contributed by atoms with van der Waals surface area (Å²) >= 11 is 0. The summed E-state index contributed by atoms with van der Waals surface area (Å²) < 4.78 is 5.94. The number of carbonyl (C=O) groups is 2. The molecule has 0 N–H and O–H groups in total. The molecule has 30 heavy (non-hydrogen) atoms. The molecule has 0 heterocycles. The molecule has 0 radical (unpaired) electrons. The van der Waals surface area contributed by atoms with Gasteiger partial charge in [0.1, 0.15) is 0 Å². The van der Waals surface area contributed by atoms with Gasteiger partial charge >= 0.3 is 0 Å². The summed E-state index contributed by atoms with van der Waals surface area (Å²) in [5.74, 6) is -0.311. The summed E-state index contributed by atoms with van der Waals surface area (Å²) in [6.07, 6.45) is 2.25. The van der Waals surface area contributed by atoms with E-state index in [9.17, 15) is 9.59 Å². The van der Waals surface area contributed by atoms with Crippen molar-refractivity contribution < 1.29 is 14.3 Å². The fourth-order valence-electron chi connectivity index (χ4n) is 4.76. The van der Waals surface area contributed by atoms with E-state index in [-0.39, 0.29) is 11.6 Å². The van der Waals surface area contributed by atoms with E-state index < -0.39 is 11.0 Å². The number of hydrogen-bond donors (Lipinski definition) is 0. The maximum Gasteiger partial charge on any atom is 0.200 e. The minimum atomic E-state index is -1.47. The van der Waals surface area contributed by atoms with Crippen molar-refractivity contribution in [3.05, 3.63) is 120 Å². The third-order valence-corrected chi connectivity index (χ3v) is 6.21. The van der Waals surface area contributed by atoms with Gasteiger partial charge in [-0.15, -0.1) is 0 Å². The number of Topliss-reactive ketones (excluding diaryl/α,β-unsaturated/α-hetero) is 2. The van der Waals surface area contributed by atoms with E-state index in [0.717, 1.165) is 11.1 Å². The van der Waals surface area contributed by atoms with Gasteiger partial charge in [0.25, 0.3) is 0 Å². The van der Waals surface area contributed by atoms with Crippen LogP contribution in [0.1, 0.15) is 31.8 Å². The Balaban J connectivity index is 2.00. The Bertz CT molecular complexity index is 1040. The average molecular weight is 396 g/mol. The van der Waals surface area contributed by atoms with Gasteiger partial charge < -0.3 is 4.74 Å². The Morgan fingerprint density at radius 2 is 1.17 bits per heavy atom. The lowest BCUT2D eigenvalue weighted by Gasteiger charge is -2.49. The minimum absolute atomic E-state index is 0.0906. The zero-order chi connectivity index (χ0) is 21.2. The lowest BCUT2D eigenvalue weighted by molar-refractivity contribution is -0.0431. The molecule has 0 fully saturated rings.